The molecule has 68 valence electrons. The highest BCUT2D eigenvalue weighted by Crippen LogP contribution is 2.45. The molecule has 0 atom stereocenters. The molecule has 1 fully saturated rings. The molecule has 1 aliphatic rings. The average Bonchev–Trinajstić information content (AvgIpc) is 1.96. The Morgan fingerprint density at radius 1 is 1.67 bits per heavy atom. The zero-order chi connectivity index (χ0) is 9.19. The molecule has 12 heavy (non-hydrogen) atoms. The van der Waals surface area contributed by atoms with Crippen LogP contribution in [0.3, 0.4) is 0 Å². The van der Waals surface area contributed by atoms with Gasteiger partial charge in [-0.25, -0.2) is 4.79 Å². The van der Waals surface area contributed by atoms with Gasteiger partial charge >= 0.3 is 5.91 Å². The predicted molar refractivity (Wildman–Crippen MR) is 46.7 cm³/mol. The molecular weight excluding hydrogens is 178 g/mol. The van der Waals surface area contributed by atoms with Crippen LogP contribution in [-0.2, 0) is 4.79 Å². The molecule has 5 heteroatoms. The summed E-state index contributed by atoms with van der Waals surface area (Å²) >= 11 is 1.58. The van der Waals surface area contributed by atoms with E-state index in [9.17, 15) is 14.9 Å². The molecule has 0 unspecified atom stereocenters. The second kappa shape index (κ2) is 3.43. The first kappa shape index (κ1) is 9.51. The standard InChI is InChI=1S/C7H11NO3S/c1-12-7(3-2-4-7)5-6(9)8(10)11/h2-5H2,1H3. The Kier molecular flexibility index (Phi) is 2.72. The van der Waals surface area contributed by atoms with Crippen molar-refractivity contribution in [3.63, 3.8) is 0 Å². The summed E-state index contributed by atoms with van der Waals surface area (Å²) < 4.78 is -0.107. The summed E-state index contributed by atoms with van der Waals surface area (Å²) in [4.78, 5) is 20.1. The van der Waals surface area contributed by atoms with Gasteiger partial charge in [-0.3, -0.25) is 10.1 Å². The highest BCUT2D eigenvalue weighted by molar-refractivity contribution is 8.00. The number of carbonyl (C=O) groups excluding carboxylic acids is 1. The van der Waals surface area contributed by atoms with Gasteiger partial charge in [0.15, 0.2) is 0 Å². The van der Waals surface area contributed by atoms with Gasteiger partial charge in [-0.1, -0.05) is 6.42 Å². The van der Waals surface area contributed by atoms with Crippen LogP contribution in [0.5, 0.6) is 0 Å². The van der Waals surface area contributed by atoms with E-state index in [1.54, 1.807) is 11.8 Å². The summed E-state index contributed by atoms with van der Waals surface area (Å²) in [6.45, 7) is 0. The highest BCUT2D eigenvalue weighted by atomic mass is 32.2. The maximum Gasteiger partial charge on any atom is 0.446 e. The lowest BCUT2D eigenvalue weighted by Crippen LogP contribution is -2.37. The molecule has 0 aromatic carbocycles. The fourth-order valence-electron chi connectivity index (χ4n) is 1.36. The van der Waals surface area contributed by atoms with Crippen molar-refractivity contribution >= 4 is 17.7 Å². The number of nitro groups is 1. The number of hydrogen-bond acceptors (Lipinski definition) is 4. The number of hydrogen-bond donors (Lipinski definition) is 0. The Hall–Kier alpha value is -0.580. The largest absolute Gasteiger partial charge is 0.446 e. The van der Waals surface area contributed by atoms with Crippen LogP contribution in [0.2, 0.25) is 0 Å². The monoisotopic (exact) mass is 189 g/mol. The molecule has 4 nitrogen and oxygen atoms in total. The van der Waals surface area contributed by atoms with Crippen molar-refractivity contribution in [1.82, 2.24) is 0 Å². The third-order valence-electron chi connectivity index (χ3n) is 2.37. The third-order valence-corrected chi connectivity index (χ3v) is 3.79. The van der Waals surface area contributed by atoms with E-state index in [1.807, 2.05) is 6.26 Å². The highest BCUT2D eigenvalue weighted by Gasteiger charge is 2.41. The molecule has 0 spiro atoms. The van der Waals surface area contributed by atoms with Crippen molar-refractivity contribution in [2.75, 3.05) is 6.26 Å². The Morgan fingerprint density at radius 3 is 2.50 bits per heavy atom. The number of thioether (sulfide) groups is 1. The minimum Gasteiger partial charge on any atom is -0.256 e. The zero-order valence-corrected chi connectivity index (χ0v) is 7.73. The molecule has 0 bridgehead atoms. The van der Waals surface area contributed by atoms with Crippen LogP contribution < -0.4 is 0 Å². The van der Waals surface area contributed by atoms with E-state index in [-0.39, 0.29) is 11.2 Å². The number of amides is 1. The van der Waals surface area contributed by atoms with Crippen LogP contribution in [0.15, 0.2) is 0 Å². The molecule has 0 heterocycles. The van der Waals surface area contributed by atoms with Crippen LogP contribution in [-0.4, -0.2) is 21.8 Å². The van der Waals surface area contributed by atoms with Crippen molar-refractivity contribution in [2.45, 2.75) is 30.4 Å². The van der Waals surface area contributed by atoms with Crippen LogP contribution in [0.25, 0.3) is 0 Å². The van der Waals surface area contributed by atoms with Gasteiger partial charge < -0.3 is 0 Å². The third kappa shape index (κ3) is 1.77. The normalized spacial score (nSPS) is 19.8. The lowest BCUT2D eigenvalue weighted by molar-refractivity contribution is -0.403. The topological polar surface area (TPSA) is 60.2 Å². The summed E-state index contributed by atoms with van der Waals surface area (Å²) in [5.74, 6) is -0.843. The van der Waals surface area contributed by atoms with E-state index in [0.29, 0.717) is 0 Å². The molecule has 1 saturated carbocycles. The first-order chi connectivity index (χ1) is 5.59. The fourth-order valence-corrected chi connectivity index (χ4v) is 2.33. The molecule has 0 aromatic heterocycles. The SMILES string of the molecule is CSC1(CC(=O)[N+](=O)[O-])CCC1. The summed E-state index contributed by atoms with van der Waals surface area (Å²) in [7, 11) is 0. The first-order valence-electron chi connectivity index (χ1n) is 3.82. The summed E-state index contributed by atoms with van der Waals surface area (Å²) in [5, 5.41) is 10.1. The minimum absolute atomic E-state index is 0.0984. The van der Waals surface area contributed by atoms with Crippen molar-refractivity contribution in [3.05, 3.63) is 10.1 Å². The van der Waals surface area contributed by atoms with Crippen molar-refractivity contribution < 1.29 is 9.72 Å². The van der Waals surface area contributed by atoms with Crippen molar-refractivity contribution in [1.29, 1.82) is 0 Å². The average molecular weight is 189 g/mol. The predicted octanol–water partition coefficient (Wildman–Crippen LogP) is 1.47. The number of nitrogens with zero attached hydrogens (tertiary/aromatic N) is 1. The van der Waals surface area contributed by atoms with Gasteiger partial charge in [-0.15, -0.1) is 0 Å². The number of carbonyl (C=O) groups is 1. The molecule has 0 N–H and O–H groups in total. The Labute approximate surface area is 74.9 Å². The summed E-state index contributed by atoms with van der Waals surface area (Å²) in [6, 6.07) is 0. The quantitative estimate of drug-likeness (QED) is 0.498. The molecule has 0 aliphatic heterocycles. The van der Waals surface area contributed by atoms with Gasteiger partial charge in [-0.2, -0.15) is 11.8 Å². The van der Waals surface area contributed by atoms with E-state index in [4.69, 9.17) is 0 Å². The molecular formula is C7H11NO3S. The molecule has 0 radical (unpaired) electrons. The molecule has 1 rings (SSSR count). The van der Waals surface area contributed by atoms with Crippen LogP contribution in [0, 0.1) is 10.1 Å². The molecule has 0 saturated heterocycles. The van der Waals surface area contributed by atoms with Crippen LogP contribution in [0.1, 0.15) is 25.7 Å². The van der Waals surface area contributed by atoms with Crippen LogP contribution in [0.4, 0.5) is 0 Å². The number of rotatable bonds is 3. The molecule has 0 aromatic rings. The lowest BCUT2D eigenvalue weighted by atomic mass is 9.81. The second-order valence-corrected chi connectivity index (χ2v) is 4.34. The van der Waals surface area contributed by atoms with E-state index in [2.05, 4.69) is 0 Å². The molecule has 1 amide bonds. The maximum absolute atomic E-state index is 10.8. The fraction of sp³-hybridized carbons (Fsp3) is 0.857. The van der Waals surface area contributed by atoms with Gasteiger partial charge in [0.25, 0.3) is 0 Å². The van der Waals surface area contributed by atoms with Crippen LogP contribution >= 0.6 is 11.8 Å². The summed E-state index contributed by atoms with van der Waals surface area (Å²) in [6.07, 6.45) is 4.97. The zero-order valence-electron chi connectivity index (χ0n) is 6.91. The van der Waals surface area contributed by atoms with Gasteiger partial charge in [-0.05, 0) is 19.1 Å². The van der Waals surface area contributed by atoms with E-state index < -0.39 is 10.8 Å². The van der Waals surface area contributed by atoms with Crippen molar-refractivity contribution in [3.8, 4) is 0 Å². The lowest BCUT2D eigenvalue weighted by Gasteiger charge is -2.38. The van der Waals surface area contributed by atoms with Crippen molar-refractivity contribution in [2.24, 2.45) is 0 Å². The Balaban J connectivity index is 2.48. The molecule has 1 aliphatic carbocycles. The van der Waals surface area contributed by atoms with E-state index in [0.717, 1.165) is 19.3 Å². The van der Waals surface area contributed by atoms with Gasteiger partial charge in [0.1, 0.15) is 4.92 Å². The second-order valence-electron chi connectivity index (χ2n) is 3.07. The van der Waals surface area contributed by atoms with E-state index >= 15 is 0 Å². The minimum atomic E-state index is -0.843. The van der Waals surface area contributed by atoms with E-state index in [1.165, 1.54) is 0 Å². The smallest absolute Gasteiger partial charge is 0.256 e. The van der Waals surface area contributed by atoms with Gasteiger partial charge in [0.2, 0.25) is 0 Å². The Morgan fingerprint density at radius 2 is 2.25 bits per heavy atom. The summed E-state index contributed by atoms with van der Waals surface area (Å²) in [5.41, 5.74) is 0. The van der Waals surface area contributed by atoms with Gasteiger partial charge in [0, 0.05) is 4.75 Å². The van der Waals surface area contributed by atoms with Gasteiger partial charge in [0.05, 0.1) is 6.42 Å². The Bertz CT molecular complexity index is 207. The first-order valence-corrected chi connectivity index (χ1v) is 5.04. The maximum atomic E-state index is 10.8.